The molecule has 4 N–H and O–H groups in total. The lowest BCUT2D eigenvalue weighted by Crippen LogP contribution is -2.41. The van der Waals surface area contributed by atoms with Gasteiger partial charge in [-0.25, -0.2) is 23.4 Å². The highest BCUT2D eigenvalue weighted by molar-refractivity contribution is 7.89. The van der Waals surface area contributed by atoms with Crippen LogP contribution in [0.15, 0.2) is 65.6 Å². The lowest BCUT2D eigenvalue weighted by atomic mass is 9.96. The molecule has 11 heteroatoms. The molecular weight excluding hydrogens is 534 g/mol. The number of primary sulfonamides is 1. The number of ether oxygens (including phenoxy) is 1. The van der Waals surface area contributed by atoms with Gasteiger partial charge in [0.15, 0.2) is 0 Å². The van der Waals surface area contributed by atoms with Gasteiger partial charge in [-0.3, -0.25) is 9.80 Å². The lowest BCUT2D eigenvalue weighted by Gasteiger charge is -2.29. The lowest BCUT2D eigenvalue weighted by molar-refractivity contribution is -0.138. The number of nitrogens with zero attached hydrogens (tertiary/aromatic N) is 2. The smallest absolute Gasteiger partial charge is 0.341 e. The minimum atomic E-state index is -3.80. The predicted molar refractivity (Wildman–Crippen MR) is 149 cm³/mol. The number of sulfonamides is 1. The number of esters is 1. The average molecular weight is 568 g/mol. The summed E-state index contributed by atoms with van der Waals surface area (Å²) in [4.78, 5) is 24.3. The highest BCUT2D eigenvalue weighted by Crippen LogP contribution is 2.29. The summed E-state index contributed by atoms with van der Waals surface area (Å²) >= 11 is 0. The van der Waals surface area contributed by atoms with Gasteiger partial charge in [0.25, 0.3) is 0 Å². The van der Waals surface area contributed by atoms with Crippen LogP contribution in [0.3, 0.4) is 0 Å². The second-order valence-electron chi connectivity index (χ2n) is 9.77. The summed E-state index contributed by atoms with van der Waals surface area (Å²) < 4.78 is 28.0. The van der Waals surface area contributed by atoms with Gasteiger partial charge in [0.1, 0.15) is 11.3 Å². The number of aromatic hydroxyl groups is 1. The van der Waals surface area contributed by atoms with E-state index in [0.29, 0.717) is 44.5 Å². The highest BCUT2D eigenvalue weighted by Gasteiger charge is 2.29. The number of benzene rings is 3. The number of amides is 1. The minimum Gasteiger partial charge on any atom is -0.507 e. The Morgan fingerprint density at radius 1 is 1.10 bits per heavy atom. The molecule has 0 radical (unpaired) electrons. The Morgan fingerprint density at radius 2 is 1.88 bits per heavy atom. The summed E-state index contributed by atoms with van der Waals surface area (Å²) in [5.74, 6) is -0.802. The van der Waals surface area contributed by atoms with Crippen molar-refractivity contribution in [2.45, 2.75) is 37.2 Å². The minimum absolute atomic E-state index is 0.00898. The molecule has 0 saturated carbocycles. The molecule has 1 unspecified atom stereocenters. The summed E-state index contributed by atoms with van der Waals surface area (Å²) in [6, 6.07) is 16.9. The predicted octanol–water partition coefficient (Wildman–Crippen LogP) is 2.92. The topological polar surface area (TPSA) is 150 Å². The van der Waals surface area contributed by atoms with Gasteiger partial charge in [-0.2, -0.15) is 0 Å². The number of aliphatic hydroxyl groups excluding tert-OH is 1. The summed E-state index contributed by atoms with van der Waals surface area (Å²) in [5, 5.41) is 29.9. The standard InChI is InChI=1S/C29H33N3O7S/c1-19-16-23(40(30,37)38)7-9-24(19)21-4-3-5-22(18-21)26(33)11-13-31-14-12-28(35)32(31)15-10-20-6-8-25(27(34)17-20)29(36)39-2/h3-9,16-18,26,33-34H,10-15H2,1-2H3,(H2,30,37,38). The Balaban J connectivity index is 1.39. The van der Waals surface area contributed by atoms with E-state index in [2.05, 4.69) is 4.74 Å². The van der Waals surface area contributed by atoms with Crippen LogP contribution in [0.5, 0.6) is 5.75 Å². The van der Waals surface area contributed by atoms with E-state index in [1.807, 2.05) is 29.3 Å². The normalized spacial score (nSPS) is 14.9. The van der Waals surface area contributed by atoms with Crippen molar-refractivity contribution in [1.29, 1.82) is 0 Å². The maximum absolute atomic E-state index is 12.6. The molecule has 1 aliphatic heterocycles. The van der Waals surface area contributed by atoms with Crippen molar-refractivity contribution in [2.75, 3.05) is 26.7 Å². The van der Waals surface area contributed by atoms with Gasteiger partial charge in [-0.1, -0.05) is 30.3 Å². The van der Waals surface area contributed by atoms with Crippen LogP contribution in [0.25, 0.3) is 11.1 Å². The maximum atomic E-state index is 12.6. The molecule has 10 nitrogen and oxygen atoms in total. The summed E-state index contributed by atoms with van der Waals surface area (Å²) in [5.41, 5.74) is 3.99. The molecule has 1 saturated heterocycles. The van der Waals surface area contributed by atoms with Crippen molar-refractivity contribution in [2.24, 2.45) is 5.14 Å². The summed E-state index contributed by atoms with van der Waals surface area (Å²) in [6.45, 7) is 3.22. The monoisotopic (exact) mass is 567 g/mol. The molecule has 1 fully saturated rings. The molecular formula is C29H33N3O7S. The molecule has 212 valence electrons. The van der Waals surface area contributed by atoms with Crippen LogP contribution in [0.2, 0.25) is 0 Å². The number of carbonyl (C=O) groups is 2. The number of methoxy groups -OCH3 is 1. The molecule has 0 aromatic heterocycles. The van der Waals surface area contributed by atoms with Crippen LogP contribution < -0.4 is 5.14 Å². The van der Waals surface area contributed by atoms with Crippen molar-refractivity contribution in [3.8, 4) is 16.9 Å². The van der Waals surface area contributed by atoms with Gasteiger partial charge in [-0.15, -0.1) is 0 Å². The Hall–Kier alpha value is -3.77. The first-order chi connectivity index (χ1) is 19.0. The van der Waals surface area contributed by atoms with E-state index in [-0.39, 0.29) is 22.1 Å². The molecule has 1 atom stereocenters. The van der Waals surface area contributed by atoms with Crippen molar-refractivity contribution < 1.29 is 33.0 Å². The average Bonchev–Trinajstić information content (AvgIpc) is 3.28. The Kier molecular flexibility index (Phi) is 8.89. The number of phenols is 1. The van der Waals surface area contributed by atoms with Crippen LogP contribution in [0.4, 0.5) is 0 Å². The SMILES string of the molecule is COC(=O)c1ccc(CCN2C(=O)CCN2CCC(O)c2cccc(-c3ccc(S(N)(=O)=O)cc3C)c2)cc1O. The second kappa shape index (κ2) is 12.2. The molecule has 4 rings (SSSR count). The van der Waals surface area contributed by atoms with Crippen LogP contribution in [-0.4, -0.2) is 67.3 Å². The largest absolute Gasteiger partial charge is 0.507 e. The molecule has 40 heavy (non-hydrogen) atoms. The third-order valence-corrected chi connectivity index (χ3v) is 7.97. The van der Waals surface area contributed by atoms with E-state index < -0.39 is 22.1 Å². The second-order valence-corrected chi connectivity index (χ2v) is 11.3. The van der Waals surface area contributed by atoms with Gasteiger partial charge in [-0.05, 0) is 77.9 Å². The molecule has 1 aliphatic rings. The van der Waals surface area contributed by atoms with Gasteiger partial charge < -0.3 is 14.9 Å². The Bertz CT molecular complexity index is 1520. The van der Waals surface area contributed by atoms with E-state index in [1.165, 1.54) is 31.4 Å². The van der Waals surface area contributed by atoms with Crippen molar-refractivity contribution in [1.82, 2.24) is 10.0 Å². The molecule has 1 heterocycles. The molecule has 3 aromatic carbocycles. The van der Waals surface area contributed by atoms with E-state index in [4.69, 9.17) is 5.14 Å². The Morgan fingerprint density at radius 3 is 2.55 bits per heavy atom. The quantitative estimate of drug-likeness (QED) is 0.317. The fraction of sp³-hybridized carbons (Fsp3) is 0.310. The van der Waals surface area contributed by atoms with E-state index in [1.54, 1.807) is 24.1 Å². The number of aliphatic hydroxyl groups is 1. The van der Waals surface area contributed by atoms with Gasteiger partial charge in [0.05, 0.1) is 18.1 Å². The number of carbonyl (C=O) groups excluding carboxylic acids is 2. The van der Waals surface area contributed by atoms with Gasteiger partial charge >= 0.3 is 5.97 Å². The van der Waals surface area contributed by atoms with Gasteiger partial charge in [0, 0.05) is 26.1 Å². The van der Waals surface area contributed by atoms with Crippen LogP contribution in [0.1, 0.15) is 46.0 Å². The third kappa shape index (κ3) is 6.68. The number of aryl methyl sites for hydroxylation is 1. The van der Waals surface area contributed by atoms with Crippen LogP contribution in [-0.2, 0) is 26.0 Å². The molecule has 0 aliphatic carbocycles. The fourth-order valence-electron chi connectivity index (χ4n) is 4.87. The summed E-state index contributed by atoms with van der Waals surface area (Å²) in [6.07, 6.45) is 0.479. The summed E-state index contributed by atoms with van der Waals surface area (Å²) in [7, 11) is -2.55. The number of hydrogen-bond acceptors (Lipinski definition) is 8. The van der Waals surface area contributed by atoms with Crippen molar-refractivity contribution in [3.05, 3.63) is 82.9 Å². The number of nitrogens with two attached hydrogens (primary N) is 1. The molecule has 1 amide bonds. The third-order valence-electron chi connectivity index (χ3n) is 7.06. The molecule has 3 aromatic rings. The number of hydrazine groups is 1. The maximum Gasteiger partial charge on any atom is 0.341 e. The number of hydrogen-bond donors (Lipinski definition) is 3. The highest BCUT2D eigenvalue weighted by atomic mass is 32.2. The first kappa shape index (κ1) is 29.2. The Labute approximate surface area is 233 Å². The molecule has 0 bridgehead atoms. The number of rotatable bonds is 10. The zero-order chi connectivity index (χ0) is 29.0. The van der Waals surface area contributed by atoms with Gasteiger partial charge in [0.2, 0.25) is 15.9 Å². The van der Waals surface area contributed by atoms with Crippen molar-refractivity contribution in [3.63, 3.8) is 0 Å². The fourth-order valence-corrected chi connectivity index (χ4v) is 5.47. The number of phenolic OH excluding ortho intramolecular Hbond substituents is 1. The van der Waals surface area contributed by atoms with Crippen molar-refractivity contribution >= 4 is 21.9 Å². The van der Waals surface area contributed by atoms with E-state index in [9.17, 15) is 28.2 Å². The zero-order valence-corrected chi connectivity index (χ0v) is 23.2. The van der Waals surface area contributed by atoms with E-state index >= 15 is 0 Å². The zero-order valence-electron chi connectivity index (χ0n) is 22.4. The first-order valence-electron chi connectivity index (χ1n) is 12.8. The van der Waals surface area contributed by atoms with Crippen LogP contribution >= 0.6 is 0 Å². The molecule has 0 spiro atoms. The van der Waals surface area contributed by atoms with E-state index in [0.717, 1.165) is 22.3 Å². The first-order valence-corrected chi connectivity index (χ1v) is 14.4. The van der Waals surface area contributed by atoms with Crippen LogP contribution in [0, 0.1) is 6.92 Å².